The van der Waals surface area contributed by atoms with Crippen molar-refractivity contribution in [1.29, 1.82) is 0 Å². The van der Waals surface area contributed by atoms with Gasteiger partial charge in [-0.3, -0.25) is 0 Å². The summed E-state index contributed by atoms with van der Waals surface area (Å²) in [6.07, 6.45) is 0. The molecule has 3 nitrogen and oxygen atoms in total. The molecule has 0 spiro atoms. The Balaban J connectivity index is -0.000000108. The molecule has 1 radical (unpaired) electrons. The van der Waals surface area contributed by atoms with E-state index in [2.05, 4.69) is 99.0 Å². The van der Waals surface area contributed by atoms with Crippen molar-refractivity contribution >= 4 is 0 Å². The second-order valence-electron chi connectivity index (χ2n) is 7.01. The molecule has 0 aromatic carbocycles. The maximum atomic E-state index is 4.28. The molecule has 0 aliphatic heterocycles. The molecule has 0 bridgehead atoms. The molecular formula is C18H42CrN3. The second-order valence-corrected chi connectivity index (χ2v) is 7.01. The van der Waals surface area contributed by atoms with E-state index >= 15 is 0 Å². The average Bonchev–Trinajstić information content (AvgIpc) is 2.10. The van der Waals surface area contributed by atoms with Crippen LogP contribution < -0.4 is 0 Å². The van der Waals surface area contributed by atoms with Crippen LogP contribution in [0.5, 0.6) is 0 Å². The molecule has 0 aliphatic rings. The Kier molecular flexibility index (Phi) is 26.8. The third-order valence-corrected chi connectivity index (χ3v) is 1.79. The normalized spacial score (nSPS) is 10.6. The molecule has 0 aromatic rings. The number of nitrogens with zero attached hydrogens (tertiary/aromatic N) is 3. The summed E-state index contributed by atoms with van der Waals surface area (Å²) in [6, 6.07) is 3.00. The van der Waals surface area contributed by atoms with Crippen LogP contribution in [0.1, 0.15) is 83.1 Å². The SMILES string of the molecule is CC(C)[N-]C(C)C.CC(C)[N-]C(C)C.CC(C)[N-]C(C)C.[Cr+3]. The van der Waals surface area contributed by atoms with Gasteiger partial charge in [0, 0.05) is 0 Å². The van der Waals surface area contributed by atoms with Crippen LogP contribution in [-0.4, -0.2) is 36.3 Å². The van der Waals surface area contributed by atoms with Crippen LogP contribution in [0.15, 0.2) is 0 Å². The number of hydrogen-bond donors (Lipinski definition) is 0. The van der Waals surface area contributed by atoms with Gasteiger partial charge in [0.25, 0.3) is 0 Å². The minimum atomic E-state index is 0. The smallest absolute Gasteiger partial charge is 0.658 e. The third-order valence-electron chi connectivity index (χ3n) is 1.79. The van der Waals surface area contributed by atoms with Gasteiger partial charge in [-0.05, 0) is 0 Å². The van der Waals surface area contributed by atoms with Crippen LogP contribution in [0, 0.1) is 0 Å². The molecule has 0 aliphatic carbocycles. The predicted octanol–water partition coefficient (Wildman–Crippen LogP) is 6.53. The van der Waals surface area contributed by atoms with Gasteiger partial charge in [0.15, 0.2) is 0 Å². The summed E-state index contributed by atoms with van der Waals surface area (Å²) < 4.78 is 0. The Morgan fingerprint density at radius 2 is 0.409 bits per heavy atom. The van der Waals surface area contributed by atoms with Gasteiger partial charge >= 0.3 is 17.4 Å². The fourth-order valence-corrected chi connectivity index (χ4v) is 1.79. The summed E-state index contributed by atoms with van der Waals surface area (Å²) >= 11 is 0. The summed E-state index contributed by atoms with van der Waals surface area (Å²) in [4.78, 5) is 0. The van der Waals surface area contributed by atoms with Crippen LogP contribution in [0.25, 0.3) is 16.0 Å². The van der Waals surface area contributed by atoms with Crippen molar-refractivity contribution < 1.29 is 17.4 Å². The first-order valence-corrected chi connectivity index (χ1v) is 8.48. The predicted molar refractivity (Wildman–Crippen MR) is 101 cm³/mol. The zero-order valence-electron chi connectivity index (χ0n) is 17.2. The van der Waals surface area contributed by atoms with Gasteiger partial charge in [-0.1, -0.05) is 83.1 Å². The van der Waals surface area contributed by atoms with E-state index < -0.39 is 0 Å². The molecule has 4 heteroatoms. The quantitative estimate of drug-likeness (QED) is 0.521. The van der Waals surface area contributed by atoms with Crippen molar-refractivity contribution in [3.05, 3.63) is 16.0 Å². The first-order chi connectivity index (χ1) is 9.38. The summed E-state index contributed by atoms with van der Waals surface area (Å²) in [7, 11) is 0. The van der Waals surface area contributed by atoms with E-state index in [0.29, 0.717) is 36.3 Å². The molecule has 0 N–H and O–H groups in total. The van der Waals surface area contributed by atoms with Gasteiger partial charge in [-0.25, -0.2) is 0 Å². The first-order valence-electron chi connectivity index (χ1n) is 8.48. The summed E-state index contributed by atoms with van der Waals surface area (Å²) in [5.41, 5.74) is 0. The molecule has 0 fully saturated rings. The van der Waals surface area contributed by atoms with Crippen molar-refractivity contribution in [1.82, 2.24) is 0 Å². The van der Waals surface area contributed by atoms with Gasteiger partial charge in [-0.15, -0.1) is 36.3 Å². The maximum Gasteiger partial charge on any atom is 3.00 e. The minimum absolute atomic E-state index is 0. The monoisotopic (exact) mass is 352 g/mol. The van der Waals surface area contributed by atoms with E-state index in [4.69, 9.17) is 0 Å². The van der Waals surface area contributed by atoms with Gasteiger partial charge < -0.3 is 16.0 Å². The number of rotatable bonds is 6. The molecule has 0 aromatic heterocycles. The standard InChI is InChI=1S/3C6H14N.Cr/c3*1-5(2)7-6(3)4;/h3*5-6H,1-4H3;/q3*-1;+3. The number of hydrogen-bond acceptors (Lipinski definition) is 0. The molecule has 0 saturated carbocycles. The Morgan fingerprint density at radius 1 is 0.318 bits per heavy atom. The molecule has 0 atom stereocenters. The van der Waals surface area contributed by atoms with Crippen LogP contribution in [-0.2, 0) is 17.4 Å². The Hall–Kier alpha value is 0.412. The molecule has 0 rings (SSSR count). The molecule has 135 valence electrons. The summed E-state index contributed by atoms with van der Waals surface area (Å²) in [6.45, 7) is 25.2. The van der Waals surface area contributed by atoms with Crippen molar-refractivity contribution in [3.63, 3.8) is 0 Å². The van der Waals surface area contributed by atoms with Crippen LogP contribution in [0.3, 0.4) is 0 Å². The van der Waals surface area contributed by atoms with Crippen LogP contribution in [0.2, 0.25) is 0 Å². The van der Waals surface area contributed by atoms with E-state index in [1.807, 2.05) is 0 Å². The molecule has 0 amide bonds. The topological polar surface area (TPSA) is 42.3 Å². The second kappa shape index (κ2) is 19.5. The molecular weight excluding hydrogens is 310 g/mol. The first kappa shape index (κ1) is 30.3. The molecule has 0 unspecified atom stereocenters. The molecule has 0 saturated heterocycles. The Labute approximate surface area is 152 Å². The van der Waals surface area contributed by atoms with E-state index in [0.717, 1.165) is 0 Å². The van der Waals surface area contributed by atoms with Gasteiger partial charge in [0.2, 0.25) is 0 Å². The van der Waals surface area contributed by atoms with Crippen LogP contribution in [0.4, 0.5) is 0 Å². The van der Waals surface area contributed by atoms with Gasteiger partial charge in [0.05, 0.1) is 0 Å². The average molecular weight is 353 g/mol. The van der Waals surface area contributed by atoms with Crippen molar-refractivity contribution in [3.8, 4) is 0 Å². The van der Waals surface area contributed by atoms with E-state index in [1.54, 1.807) is 0 Å². The van der Waals surface area contributed by atoms with Gasteiger partial charge in [0.1, 0.15) is 0 Å². The van der Waals surface area contributed by atoms with Crippen molar-refractivity contribution in [2.24, 2.45) is 0 Å². The zero-order chi connectivity index (χ0) is 17.6. The van der Waals surface area contributed by atoms with Crippen molar-refractivity contribution in [2.45, 2.75) is 119 Å². The van der Waals surface area contributed by atoms with Crippen LogP contribution >= 0.6 is 0 Å². The summed E-state index contributed by atoms with van der Waals surface area (Å²) in [5.74, 6) is 0. The van der Waals surface area contributed by atoms with E-state index in [1.165, 1.54) is 0 Å². The fraction of sp³-hybridized carbons (Fsp3) is 1.00. The Bertz CT molecular complexity index is 139. The van der Waals surface area contributed by atoms with E-state index in [-0.39, 0.29) is 17.4 Å². The maximum absolute atomic E-state index is 4.28. The largest absolute Gasteiger partial charge is 3.00 e. The van der Waals surface area contributed by atoms with Crippen molar-refractivity contribution in [2.75, 3.05) is 0 Å². The molecule has 22 heavy (non-hydrogen) atoms. The minimum Gasteiger partial charge on any atom is -0.658 e. The fourth-order valence-electron chi connectivity index (χ4n) is 1.79. The summed E-state index contributed by atoms with van der Waals surface area (Å²) in [5, 5.41) is 12.8. The molecule has 0 heterocycles. The van der Waals surface area contributed by atoms with E-state index in [9.17, 15) is 0 Å². The van der Waals surface area contributed by atoms with Gasteiger partial charge in [-0.2, -0.15) is 0 Å². The Morgan fingerprint density at radius 3 is 0.409 bits per heavy atom. The third kappa shape index (κ3) is 49.9. The zero-order valence-corrected chi connectivity index (χ0v) is 18.5.